The molecule has 0 saturated carbocycles. The second-order valence-corrected chi connectivity index (χ2v) is 4.59. The number of carbonyl (C=O) groups excluding carboxylic acids is 1. The highest BCUT2D eigenvalue weighted by Gasteiger charge is 2.19. The van der Waals surface area contributed by atoms with E-state index < -0.39 is 0 Å². The molecule has 0 saturated heterocycles. The summed E-state index contributed by atoms with van der Waals surface area (Å²) in [6.45, 7) is 0.856. The van der Waals surface area contributed by atoms with E-state index in [1.165, 1.54) is 11.8 Å². The number of aryl methyl sites for hydroxylation is 1. The van der Waals surface area contributed by atoms with Crippen molar-refractivity contribution >= 4 is 12.0 Å². The van der Waals surface area contributed by atoms with Crippen molar-refractivity contribution in [2.45, 2.75) is 25.4 Å². The van der Waals surface area contributed by atoms with E-state index in [4.69, 9.17) is 4.42 Å². The van der Waals surface area contributed by atoms with Crippen molar-refractivity contribution in [3.8, 4) is 0 Å². The molecule has 3 rings (SSSR count). The average Bonchev–Trinajstić information content (AvgIpc) is 3.07. The van der Waals surface area contributed by atoms with Crippen molar-refractivity contribution in [1.29, 1.82) is 0 Å². The van der Waals surface area contributed by atoms with Crippen LogP contribution in [-0.4, -0.2) is 21.7 Å². The molecule has 5 nitrogen and oxygen atoms in total. The molecule has 1 aliphatic rings. The second-order valence-electron chi connectivity index (χ2n) is 4.59. The molecule has 3 heterocycles. The molecule has 2 aromatic rings. The lowest BCUT2D eigenvalue weighted by atomic mass is 10.0. The van der Waals surface area contributed by atoms with Crippen LogP contribution in [0.2, 0.25) is 0 Å². The molecule has 0 aromatic carbocycles. The molecule has 0 radical (unpaired) electrons. The highest BCUT2D eigenvalue weighted by Crippen LogP contribution is 2.13. The van der Waals surface area contributed by atoms with E-state index in [1.54, 1.807) is 24.6 Å². The molecule has 1 N–H and O–H groups in total. The fraction of sp³-hybridized carbons (Fsp3) is 0.286. The highest BCUT2D eigenvalue weighted by molar-refractivity contribution is 5.91. The third-order valence-corrected chi connectivity index (χ3v) is 3.24. The molecule has 0 spiro atoms. The Hall–Kier alpha value is -2.30. The van der Waals surface area contributed by atoms with Crippen LogP contribution < -0.4 is 5.32 Å². The number of fused-ring (bicyclic) bond motifs is 1. The first kappa shape index (κ1) is 11.8. The Balaban J connectivity index is 1.56. The van der Waals surface area contributed by atoms with Crippen molar-refractivity contribution in [1.82, 2.24) is 15.1 Å². The lowest BCUT2D eigenvalue weighted by Gasteiger charge is -2.23. The van der Waals surface area contributed by atoms with Gasteiger partial charge in [0.1, 0.15) is 5.76 Å². The van der Waals surface area contributed by atoms with Gasteiger partial charge in [-0.2, -0.15) is 5.10 Å². The monoisotopic (exact) mass is 257 g/mol. The summed E-state index contributed by atoms with van der Waals surface area (Å²) in [7, 11) is 0. The lowest BCUT2D eigenvalue weighted by molar-refractivity contribution is -0.117. The number of rotatable bonds is 3. The minimum Gasteiger partial charge on any atom is -0.465 e. The van der Waals surface area contributed by atoms with Crippen LogP contribution in [0.3, 0.4) is 0 Å². The maximum atomic E-state index is 11.8. The van der Waals surface area contributed by atoms with Crippen molar-refractivity contribution in [3.05, 3.63) is 48.2 Å². The summed E-state index contributed by atoms with van der Waals surface area (Å²) in [5.41, 5.74) is 1.17. The molecule has 98 valence electrons. The SMILES string of the molecule is O=C(C=Cc1ccco1)NC1CCn2nccc2C1. The van der Waals surface area contributed by atoms with Crippen molar-refractivity contribution in [3.63, 3.8) is 0 Å². The van der Waals surface area contributed by atoms with Gasteiger partial charge in [0.25, 0.3) is 0 Å². The molecule has 1 atom stereocenters. The smallest absolute Gasteiger partial charge is 0.244 e. The zero-order valence-corrected chi connectivity index (χ0v) is 10.5. The van der Waals surface area contributed by atoms with Crippen LogP contribution in [-0.2, 0) is 17.8 Å². The van der Waals surface area contributed by atoms with Crippen LogP contribution in [0.15, 0.2) is 41.2 Å². The van der Waals surface area contributed by atoms with E-state index in [0.29, 0.717) is 5.76 Å². The molecule has 0 bridgehead atoms. The van der Waals surface area contributed by atoms with E-state index >= 15 is 0 Å². The number of nitrogens with one attached hydrogen (secondary N) is 1. The van der Waals surface area contributed by atoms with Crippen LogP contribution in [0.25, 0.3) is 6.08 Å². The largest absolute Gasteiger partial charge is 0.465 e. The number of hydrogen-bond donors (Lipinski definition) is 1. The molecule has 0 fully saturated rings. The minimum absolute atomic E-state index is 0.0886. The Morgan fingerprint density at radius 1 is 1.53 bits per heavy atom. The van der Waals surface area contributed by atoms with Gasteiger partial charge < -0.3 is 9.73 Å². The Kier molecular flexibility index (Phi) is 3.18. The molecule has 0 aliphatic carbocycles. The van der Waals surface area contributed by atoms with Crippen molar-refractivity contribution in [2.24, 2.45) is 0 Å². The van der Waals surface area contributed by atoms with Gasteiger partial charge in [-0.25, -0.2) is 0 Å². The average molecular weight is 257 g/mol. The minimum atomic E-state index is -0.0886. The van der Waals surface area contributed by atoms with Crippen LogP contribution in [0, 0.1) is 0 Å². The van der Waals surface area contributed by atoms with Gasteiger partial charge in [-0.3, -0.25) is 9.48 Å². The van der Waals surface area contributed by atoms with E-state index in [9.17, 15) is 4.79 Å². The Morgan fingerprint density at radius 3 is 3.32 bits per heavy atom. The van der Waals surface area contributed by atoms with Gasteiger partial charge in [-0.15, -0.1) is 0 Å². The summed E-state index contributed by atoms with van der Waals surface area (Å²) < 4.78 is 7.12. The predicted octanol–water partition coefficient (Wildman–Crippen LogP) is 1.62. The fourth-order valence-corrected chi connectivity index (χ4v) is 2.28. The number of carbonyl (C=O) groups is 1. The molecule has 1 amide bonds. The fourth-order valence-electron chi connectivity index (χ4n) is 2.28. The Labute approximate surface area is 110 Å². The molecule has 2 aromatic heterocycles. The zero-order valence-electron chi connectivity index (χ0n) is 10.5. The Morgan fingerprint density at radius 2 is 2.47 bits per heavy atom. The predicted molar refractivity (Wildman–Crippen MR) is 70.2 cm³/mol. The number of amides is 1. The van der Waals surface area contributed by atoms with Gasteiger partial charge in [-0.05, 0) is 30.7 Å². The van der Waals surface area contributed by atoms with Crippen LogP contribution >= 0.6 is 0 Å². The number of hydrogen-bond acceptors (Lipinski definition) is 3. The normalized spacial score (nSPS) is 18.4. The number of aromatic nitrogens is 2. The molecule has 1 unspecified atom stereocenters. The molecular weight excluding hydrogens is 242 g/mol. The molecule has 5 heteroatoms. The first-order valence-electron chi connectivity index (χ1n) is 6.34. The van der Waals surface area contributed by atoms with Gasteiger partial charge in [0.2, 0.25) is 5.91 Å². The summed E-state index contributed by atoms with van der Waals surface area (Å²) in [4.78, 5) is 11.8. The Bertz CT molecular complexity index is 584. The number of nitrogens with zero attached hydrogens (tertiary/aromatic N) is 2. The quantitative estimate of drug-likeness (QED) is 0.850. The molecule has 19 heavy (non-hydrogen) atoms. The van der Waals surface area contributed by atoms with E-state index in [-0.39, 0.29) is 11.9 Å². The topological polar surface area (TPSA) is 60.1 Å². The van der Waals surface area contributed by atoms with Crippen molar-refractivity contribution < 1.29 is 9.21 Å². The van der Waals surface area contributed by atoms with Gasteiger partial charge in [0.05, 0.1) is 6.26 Å². The second kappa shape index (κ2) is 5.14. The van der Waals surface area contributed by atoms with E-state index in [0.717, 1.165) is 19.4 Å². The molecular formula is C14H15N3O2. The van der Waals surface area contributed by atoms with Crippen LogP contribution in [0.4, 0.5) is 0 Å². The zero-order chi connectivity index (χ0) is 13.1. The summed E-state index contributed by atoms with van der Waals surface area (Å²) in [5, 5.41) is 7.22. The van der Waals surface area contributed by atoms with Gasteiger partial charge in [0.15, 0.2) is 0 Å². The third kappa shape index (κ3) is 2.76. The maximum absolute atomic E-state index is 11.8. The van der Waals surface area contributed by atoms with Gasteiger partial charge in [-0.1, -0.05) is 0 Å². The first-order chi connectivity index (χ1) is 9.31. The molecule has 1 aliphatic heterocycles. The summed E-state index contributed by atoms with van der Waals surface area (Å²) >= 11 is 0. The van der Waals surface area contributed by atoms with E-state index in [1.807, 2.05) is 16.8 Å². The third-order valence-electron chi connectivity index (χ3n) is 3.24. The summed E-state index contributed by atoms with van der Waals surface area (Å²) in [6, 6.07) is 5.78. The summed E-state index contributed by atoms with van der Waals surface area (Å²) in [5.74, 6) is 0.589. The van der Waals surface area contributed by atoms with Crippen LogP contribution in [0.1, 0.15) is 17.9 Å². The van der Waals surface area contributed by atoms with Crippen LogP contribution in [0.5, 0.6) is 0 Å². The van der Waals surface area contributed by atoms with Crippen molar-refractivity contribution in [2.75, 3.05) is 0 Å². The summed E-state index contributed by atoms with van der Waals surface area (Å²) in [6.07, 6.45) is 8.30. The van der Waals surface area contributed by atoms with Gasteiger partial charge >= 0.3 is 0 Å². The highest BCUT2D eigenvalue weighted by atomic mass is 16.3. The first-order valence-corrected chi connectivity index (χ1v) is 6.34. The van der Waals surface area contributed by atoms with Gasteiger partial charge in [0, 0.05) is 37.0 Å². The maximum Gasteiger partial charge on any atom is 0.244 e. The number of furan rings is 1. The standard InChI is InChI=1S/C14H15N3O2/c18-14(4-3-13-2-1-9-19-13)16-11-6-8-17-12(10-11)5-7-15-17/h1-5,7,9,11H,6,8,10H2,(H,16,18). The lowest BCUT2D eigenvalue weighted by Crippen LogP contribution is -2.39. The van der Waals surface area contributed by atoms with E-state index in [2.05, 4.69) is 10.4 Å².